The van der Waals surface area contributed by atoms with Crippen LogP contribution >= 0.6 is 11.8 Å². The number of carbonyl (C=O) groups is 3. The average Bonchev–Trinajstić information content (AvgIpc) is 3.55. The molecule has 1 saturated carbocycles. The standard InChI is InChI=1S/C25H26N2O5S/c28-23(27-14-33-13-22(27)24(29)30)15-9-10-16(11-15)26-25(31)32-12-21-19-7-3-1-5-17(19)18-6-2-4-8-20(18)21/h1-8,15-16,21-22H,9-14H2,(H,26,31)(H,29,30)/t15-,16+,22-/m0/s1. The smallest absolute Gasteiger partial charge is 0.407 e. The van der Waals surface area contributed by atoms with Gasteiger partial charge in [-0.25, -0.2) is 9.59 Å². The SMILES string of the molecule is O=C(N[C@@H]1CC[C@H](C(=O)N2CSC[C@H]2C(=O)O)C1)OCC1c2ccccc2-c2ccccc21. The Morgan fingerprint density at radius 1 is 1.03 bits per heavy atom. The van der Waals surface area contributed by atoms with Gasteiger partial charge in [-0.15, -0.1) is 11.8 Å². The highest BCUT2D eigenvalue weighted by Gasteiger charge is 2.40. The molecular formula is C25H26N2O5S. The summed E-state index contributed by atoms with van der Waals surface area (Å²) in [5.41, 5.74) is 4.68. The van der Waals surface area contributed by atoms with Crippen LogP contribution in [0.2, 0.25) is 0 Å². The van der Waals surface area contributed by atoms with Gasteiger partial charge in [-0.3, -0.25) is 4.79 Å². The Morgan fingerprint density at radius 2 is 1.70 bits per heavy atom. The third-order valence-corrected chi connectivity index (χ3v) is 7.91. The molecule has 0 radical (unpaired) electrons. The fraction of sp³-hybridized carbons (Fsp3) is 0.400. The van der Waals surface area contributed by atoms with Gasteiger partial charge in [0, 0.05) is 23.6 Å². The summed E-state index contributed by atoms with van der Waals surface area (Å²) in [6.07, 6.45) is 1.35. The first-order valence-electron chi connectivity index (χ1n) is 11.3. The van der Waals surface area contributed by atoms with Gasteiger partial charge in [0.05, 0.1) is 5.88 Å². The van der Waals surface area contributed by atoms with Gasteiger partial charge in [0.2, 0.25) is 5.91 Å². The summed E-state index contributed by atoms with van der Waals surface area (Å²) in [5, 5.41) is 12.2. The zero-order valence-electron chi connectivity index (χ0n) is 18.1. The predicted molar refractivity (Wildman–Crippen MR) is 125 cm³/mol. The lowest BCUT2D eigenvalue weighted by molar-refractivity contribution is -0.149. The molecule has 5 rings (SSSR count). The van der Waals surface area contributed by atoms with Crippen molar-refractivity contribution in [2.45, 2.75) is 37.3 Å². The molecule has 8 heteroatoms. The maximum atomic E-state index is 12.8. The van der Waals surface area contributed by atoms with Crippen LogP contribution in [0.3, 0.4) is 0 Å². The molecule has 0 aromatic heterocycles. The largest absolute Gasteiger partial charge is 0.480 e. The third kappa shape index (κ3) is 4.19. The zero-order valence-corrected chi connectivity index (χ0v) is 18.9. The second-order valence-electron chi connectivity index (χ2n) is 8.84. The summed E-state index contributed by atoms with van der Waals surface area (Å²) < 4.78 is 5.62. The molecule has 0 unspecified atom stereocenters. The second-order valence-corrected chi connectivity index (χ2v) is 9.84. The van der Waals surface area contributed by atoms with Crippen LogP contribution in [0.15, 0.2) is 48.5 Å². The molecule has 3 aliphatic rings. The predicted octanol–water partition coefficient (Wildman–Crippen LogP) is 3.68. The van der Waals surface area contributed by atoms with Gasteiger partial charge in [0.1, 0.15) is 12.6 Å². The molecule has 1 heterocycles. The van der Waals surface area contributed by atoms with Crippen LogP contribution in [0, 0.1) is 5.92 Å². The Bertz CT molecular complexity index is 1040. The van der Waals surface area contributed by atoms with Gasteiger partial charge < -0.3 is 20.1 Å². The summed E-state index contributed by atoms with van der Waals surface area (Å²) in [4.78, 5) is 38.2. The lowest BCUT2D eigenvalue weighted by Crippen LogP contribution is -2.44. The van der Waals surface area contributed by atoms with Crippen LogP contribution in [0.4, 0.5) is 4.79 Å². The molecule has 1 aliphatic heterocycles. The van der Waals surface area contributed by atoms with Crippen molar-refractivity contribution >= 4 is 29.7 Å². The zero-order chi connectivity index (χ0) is 22.9. The van der Waals surface area contributed by atoms with Crippen molar-refractivity contribution in [2.75, 3.05) is 18.2 Å². The van der Waals surface area contributed by atoms with E-state index in [1.54, 1.807) is 0 Å². The first-order valence-corrected chi connectivity index (χ1v) is 12.4. The van der Waals surface area contributed by atoms with Gasteiger partial charge in [-0.2, -0.15) is 0 Å². The molecule has 33 heavy (non-hydrogen) atoms. The number of fused-ring (bicyclic) bond motifs is 3. The van der Waals surface area contributed by atoms with Crippen LogP contribution in [0.5, 0.6) is 0 Å². The van der Waals surface area contributed by atoms with Crippen molar-refractivity contribution in [2.24, 2.45) is 5.92 Å². The molecule has 1 saturated heterocycles. The van der Waals surface area contributed by atoms with Gasteiger partial charge in [0.25, 0.3) is 0 Å². The highest BCUT2D eigenvalue weighted by atomic mass is 32.2. The summed E-state index contributed by atoms with van der Waals surface area (Å²) in [6, 6.07) is 15.5. The minimum absolute atomic E-state index is 0.00155. The molecule has 2 aliphatic carbocycles. The lowest BCUT2D eigenvalue weighted by Gasteiger charge is -2.24. The van der Waals surface area contributed by atoms with Gasteiger partial charge >= 0.3 is 12.1 Å². The number of thioether (sulfide) groups is 1. The van der Waals surface area contributed by atoms with Gasteiger partial charge in [-0.1, -0.05) is 48.5 Å². The van der Waals surface area contributed by atoms with Crippen molar-refractivity contribution in [3.05, 3.63) is 59.7 Å². The van der Waals surface area contributed by atoms with E-state index in [1.165, 1.54) is 27.8 Å². The number of rotatable bonds is 5. The first kappa shape index (κ1) is 21.8. The van der Waals surface area contributed by atoms with E-state index in [1.807, 2.05) is 24.3 Å². The van der Waals surface area contributed by atoms with Crippen molar-refractivity contribution in [3.8, 4) is 11.1 Å². The summed E-state index contributed by atoms with van der Waals surface area (Å²) in [6.45, 7) is 0.250. The number of benzene rings is 2. The molecule has 0 spiro atoms. The third-order valence-electron chi connectivity index (χ3n) is 6.90. The molecule has 7 nitrogen and oxygen atoms in total. The van der Waals surface area contributed by atoms with E-state index >= 15 is 0 Å². The number of carbonyl (C=O) groups excluding carboxylic acids is 2. The van der Waals surface area contributed by atoms with Crippen LogP contribution in [-0.4, -0.2) is 58.3 Å². The highest BCUT2D eigenvalue weighted by molar-refractivity contribution is 7.99. The minimum Gasteiger partial charge on any atom is -0.480 e. The molecule has 2 fully saturated rings. The Morgan fingerprint density at radius 3 is 2.36 bits per heavy atom. The Hall–Kier alpha value is -3.00. The number of amides is 2. The molecule has 2 aromatic rings. The van der Waals surface area contributed by atoms with E-state index in [-0.39, 0.29) is 30.4 Å². The summed E-state index contributed by atoms with van der Waals surface area (Å²) >= 11 is 1.46. The number of nitrogens with zero attached hydrogens (tertiary/aromatic N) is 1. The quantitative estimate of drug-likeness (QED) is 0.698. The van der Waals surface area contributed by atoms with Gasteiger partial charge in [0.15, 0.2) is 0 Å². The van der Waals surface area contributed by atoms with Crippen LogP contribution in [0.1, 0.15) is 36.3 Å². The number of alkyl carbamates (subject to hydrolysis) is 1. The number of carboxylic acid groups (broad SMARTS) is 1. The topological polar surface area (TPSA) is 95.9 Å². The van der Waals surface area contributed by atoms with Crippen LogP contribution < -0.4 is 5.32 Å². The number of carboxylic acids is 1. The maximum absolute atomic E-state index is 12.8. The summed E-state index contributed by atoms with van der Waals surface area (Å²) in [7, 11) is 0. The molecular weight excluding hydrogens is 440 g/mol. The first-order chi connectivity index (χ1) is 16.0. The molecule has 2 aromatic carbocycles. The maximum Gasteiger partial charge on any atom is 0.407 e. The van der Waals surface area contributed by atoms with E-state index in [0.717, 1.165) is 11.1 Å². The number of ether oxygens (including phenoxy) is 1. The minimum atomic E-state index is -0.959. The van der Waals surface area contributed by atoms with Crippen LogP contribution in [0.25, 0.3) is 11.1 Å². The van der Waals surface area contributed by atoms with Crippen molar-refractivity contribution < 1.29 is 24.2 Å². The molecule has 0 bridgehead atoms. The lowest BCUT2D eigenvalue weighted by atomic mass is 9.98. The second kappa shape index (κ2) is 9.09. The van der Waals surface area contributed by atoms with Crippen molar-refractivity contribution in [3.63, 3.8) is 0 Å². The summed E-state index contributed by atoms with van der Waals surface area (Å²) in [5.74, 6) is -0.499. The van der Waals surface area contributed by atoms with Gasteiger partial charge in [-0.05, 0) is 41.5 Å². The molecule has 3 atom stereocenters. The number of hydrogen-bond acceptors (Lipinski definition) is 5. The number of hydrogen-bond donors (Lipinski definition) is 2. The molecule has 2 amide bonds. The van der Waals surface area contributed by atoms with E-state index in [0.29, 0.717) is 30.9 Å². The fourth-order valence-corrected chi connectivity index (χ4v) is 6.40. The van der Waals surface area contributed by atoms with E-state index < -0.39 is 18.1 Å². The number of aliphatic carboxylic acids is 1. The Kier molecular flexibility index (Phi) is 6.01. The Balaban J connectivity index is 1.16. The number of nitrogens with one attached hydrogen (secondary N) is 1. The van der Waals surface area contributed by atoms with E-state index in [2.05, 4.69) is 29.6 Å². The van der Waals surface area contributed by atoms with Crippen molar-refractivity contribution in [1.29, 1.82) is 0 Å². The van der Waals surface area contributed by atoms with E-state index in [4.69, 9.17) is 4.74 Å². The average molecular weight is 467 g/mol. The normalized spacial score (nSPS) is 23.8. The Labute approximate surface area is 196 Å². The van der Waals surface area contributed by atoms with E-state index in [9.17, 15) is 19.5 Å². The molecule has 2 N–H and O–H groups in total. The van der Waals surface area contributed by atoms with Crippen molar-refractivity contribution in [1.82, 2.24) is 10.2 Å². The highest BCUT2D eigenvalue weighted by Crippen LogP contribution is 2.44. The monoisotopic (exact) mass is 466 g/mol. The fourth-order valence-electron chi connectivity index (χ4n) is 5.24. The van der Waals surface area contributed by atoms with Crippen LogP contribution in [-0.2, 0) is 14.3 Å². The molecule has 172 valence electrons.